The zero-order valence-corrected chi connectivity index (χ0v) is 20.5. The van der Waals surface area contributed by atoms with Crippen molar-refractivity contribution < 1.29 is 14.3 Å². The van der Waals surface area contributed by atoms with Crippen LogP contribution in [0.4, 0.5) is 0 Å². The normalized spacial score (nSPS) is 20.1. The van der Waals surface area contributed by atoms with E-state index in [1.54, 1.807) is 42.8 Å². The highest BCUT2D eigenvalue weighted by Gasteiger charge is 2.44. The molecule has 0 fully saturated rings. The molecule has 1 aromatic heterocycles. The van der Waals surface area contributed by atoms with Gasteiger partial charge in [0.2, 0.25) is 0 Å². The first kappa shape index (κ1) is 23.3. The van der Waals surface area contributed by atoms with E-state index in [-0.39, 0.29) is 5.56 Å². The number of nitrogens with zero attached hydrogens (tertiary/aromatic N) is 2. The van der Waals surface area contributed by atoms with Gasteiger partial charge in [0.1, 0.15) is 17.5 Å². The van der Waals surface area contributed by atoms with E-state index in [4.69, 9.17) is 9.16 Å². The monoisotopic (exact) mass is 440 g/mol. The number of benzene rings is 1. The Kier molecular flexibility index (Phi) is 6.20. The molecule has 1 N–H and O–H groups in total. The minimum absolute atomic E-state index is 0.158. The molecule has 31 heavy (non-hydrogen) atoms. The summed E-state index contributed by atoms with van der Waals surface area (Å²) in [5.74, 6) is 0.571. The molecule has 0 radical (unpaired) electrons. The number of aromatic nitrogens is 1. The predicted molar refractivity (Wildman–Crippen MR) is 123 cm³/mol. The van der Waals surface area contributed by atoms with Crippen molar-refractivity contribution in [3.8, 4) is 11.8 Å². The van der Waals surface area contributed by atoms with Crippen molar-refractivity contribution in [2.24, 2.45) is 0 Å². The van der Waals surface area contributed by atoms with Gasteiger partial charge in [-0.05, 0) is 62.2 Å². The van der Waals surface area contributed by atoms with Crippen molar-refractivity contribution in [2.45, 2.75) is 77.5 Å². The number of aliphatic hydroxyl groups excluding tert-OH is 1. The van der Waals surface area contributed by atoms with Crippen molar-refractivity contribution in [3.63, 3.8) is 0 Å². The summed E-state index contributed by atoms with van der Waals surface area (Å²) in [5.41, 5.74) is 1.18. The fourth-order valence-electron chi connectivity index (χ4n) is 4.12. The van der Waals surface area contributed by atoms with E-state index in [0.29, 0.717) is 29.0 Å². The number of fused-ring (bicyclic) bond motifs is 1. The molecule has 0 bridgehead atoms. The summed E-state index contributed by atoms with van der Waals surface area (Å²) in [6.45, 7) is 14.2. The summed E-state index contributed by atoms with van der Waals surface area (Å²) in [6.07, 6.45) is 0.751. The number of nitriles is 1. The molecule has 2 atom stereocenters. The van der Waals surface area contributed by atoms with Gasteiger partial charge in [-0.2, -0.15) is 5.26 Å². The van der Waals surface area contributed by atoms with Crippen molar-refractivity contribution in [1.82, 2.24) is 4.57 Å². The Labute approximate surface area is 185 Å². The van der Waals surface area contributed by atoms with Gasteiger partial charge in [-0.1, -0.05) is 20.8 Å². The molecule has 3 rings (SSSR count). The van der Waals surface area contributed by atoms with E-state index in [1.807, 2.05) is 26.8 Å². The highest BCUT2D eigenvalue weighted by molar-refractivity contribution is 6.48. The zero-order chi connectivity index (χ0) is 23.1. The molecule has 0 spiro atoms. The molecule has 0 unspecified atom stereocenters. The highest BCUT2D eigenvalue weighted by atomic mass is 28.3. The summed E-state index contributed by atoms with van der Waals surface area (Å²) in [5, 5.41) is 20.6. The second-order valence-electron chi connectivity index (χ2n) is 10.00. The lowest BCUT2D eigenvalue weighted by Gasteiger charge is -2.43. The smallest absolute Gasteiger partial charge is 0.255 e. The molecule has 7 heteroatoms. The molecular formula is C24H32N2O4Si. The van der Waals surface area contributed by atoms with E-state index in [2.05, 4.69) is 19.2 Å². The molecule has 1 aliphatic heterocycles. The lowest BCUT2D eigenvalue weighted by Crippen LogP contribution is -2.52. The average Bonchev–Trinajstić information content (AvgIpc) is 2.66. The van der Waals surface area contributed by atoms with Crippen LogP contribution in [0.5, 0.6) is 5.75 Å². The third kappa shape index (κ3) is 4.47. The van der Waals surface area contributed by atoms with Crippen molar-refractivity contribution in [2.75, 3.05) is 0 Å². The Morgan fingerprint density at radius 2 is 1.97 bits per heavy atom. The first-order valence-corrected chi connectivity index (χ1v) is 13.4. The number of rotatable bonds is 4. The third-order valence-electron chi connectivity index (χ3n) is 5.67. The fourth-order valence-corrected chi connectivity index (χ4v) is 4.64. The van der Waals surface area contributed by atoms with Crippen LogP contribution in [-0.2, 0) is 16.4 Å². The van der Waals surface area contributed by atoms with Crippen LogP contribution in [-0.4, -0.2) is 30.4 Å². The predicted octanol–water partition coefficient (Wildman–Crippen LogP) is 3.64. The van der Waals surface area contributed by atoms with Crippen LogP contribution in [0.2, 0.25) is 13.1 Å². The summed E-state index contributed by atoms with van der Waals surface area (Å²) >= 11 is 0. The van der Waals surface area contributed by atoms with Crippen LogP contribution in [0.15, 0.2) is 35.3 Å². The molecule has 0 aliphatic carbocycles. The maximum absolute atomic E-state index is 13.8. The molecule has 0 saturated heterocycles. The number of ether oxygens (including phenoxy) is 1. The molecule has 6 nitrogen and oxygen atoms in total. The lowest BCUT2D eigenvalue weighted by atomic mass is 9.83. The highest BCUT2D eigenvalue weighted by Crippen LogP contribution is 2.42. The minimum Gasteiger partial charge on any atom is -0.485 e. The Morgan fingerprint density at radius 3 is 2.55 bits per heavy atom. The van der Waals surface area contributed by atoms with Crippen molar-refractivity contribution in [1.29, 1.82) is 5.26 Å². The molecular weight excluding hydrogens is 408 g/mol. The average molecular weight is 441 g/mol. The van der Waals surface area contributed by atoms with Crippen LogP contribution < -0.4 is 10.3 Å². The van der Waals surface area contributed by atoms with E-state index < -0.39 is 32.2 Å². The van der Waals surface area contributed by atoms with E-state index in [0.717, 1.165) is 5.56 Å². The Hall–Kier alpha value is -2.40. The maximum atomic E-state index is 13.8. The van der Waals surface area contributed by atoms with Gasteiger partial charge in [0.15, 0.2) is 9.04 Å². The first-order valence-electron chi connectivity index (χ1n) is 10.6. The molecule has 0 saturated carbocycles. The minimum atomic E-state index is -1.25. The van der Waals surface area contributed by atoms with Gasteiger partial charge in [-0.15, -0.1) is 0 Å². The number of hydrogen-bond acceptors (Lipinski definition) is 5. The topological polar surface area (TPSA) is 84.5 Å². The van der Waals surface area contributed by atoms with Gasteiger partial charge in [-0.25, -0.2) is 0 Å². The Balaban J connectivity index is 2.24. The SMILES string of the molecule is C[SiH](C)OCc1ccn([C@@H]2c3cc(C#N)ccc3OC(C)(C)[C@H]2O)c(=O)c1C(C)(C)C. The van der Waals surface area contributed by atoms with Crippen LogP contribution in [0.25, 0.3) is 0 Å². The molecule has 1 aliphatic rings. The van der Waals surface area contributed by atoms with Crippen LogP contribution in [0, 0.1) is 11.3 Å². The standard InChI is InChI=1S/C24H32N2O4Si/c1-23(2,3)19-16(14-29-31(6)7)10-11-26(22(19)28)20-17-12-15(13-25)8-9-18(17)30-24(4,5)21(20)27/h8-12,20-21,27,31H,14H2,1-7H3/t20-,21+/m1/s1. The Bertz CT molecular complexity index is 1080. The largest absolute Gasteiger partial charge is 0.485 e. The number of pyridine rings is 1. The summed E-state index contributed by atoms with van der Waals surface area (Å²) < 4.78 is 13.5. The Morgan fingerprint density at radius 1 is 1.29 bits per heavy atom. The summed E-state index contributed by atoms with van der Waals surface area (Å²) in [4.78, 5) is 13.8. The second-order valence-corrected chi connectivity index (χ2v) is 12.4. The fraction of sp³-hybridized carbons (Fsp3) is 0.500. The third-order valence-corrected chi connectivity index (χ3v) is 6.50. The molecule has 1 aromatic carbocycles. The van der Waals surface area contributed by atoms with Crippen LogP contribution in [0.1, 0.15) is 62.9 Å². The van der Waals surface area contributed by atoms with Gasteiger partial charge in [0.05, 0.1) is 24.3 Å². The lowest BCUT2D eigenvalue weighted by molar-refractivity contribution is -0.0643. The number of aliphatic hydroxyl groups is 1. The summed E-state index contributed by atoms with van der Waals surface area (Å²) in [6, 6.07) is 8.50. The van der Waals surface area contributed by atoms with Gasteiger partial charge in [0, 0.05) is 17.3 Å². The zero-order valence-electron chi connectivity index (χ0n) is 19.4. The molecule has 2 aromatic rings. The number of hydrogen-bond donors (Lipinski definition) is 1. The van der Waals surface area contributed by atoms with Crippen molar-refractivity contribution in [3.05, 3.63) is 63.1 Å². The first-order chi connectivity index (χ1) is 14.4. The molecule has 0 amide bonds. The van der Waals surface area contributed by atoms with E-state index >= 15 is 0 Å². The van der Waals surface area contributed by atoms with Gasteiger partial charge in [0.25, 0.3) is 5.56 Å². The van der Waals surface area contributed by atoms with E-state index in [9.17, 15) is 15.2 Å². The quantitative estimate of drug-likeness (QED) is 0.734. The maximum Gasteiger partial charge on any atom is 0.255 e. The van der Waals surface area contributed by atoms with Gasteiger partial charge >= 0.3 is 0 Å². The van der Waals surface area contributed by atoms with Crippen LogP contribution >= 0.6 is 0 Å². The van der Waals surface area contributed by atoms with Crippen LogP contribution in [0.3, 0.4) is 0 Å². The molecule has 166 valence electrons. The van der Waals surface area contributed by atoms with Gasteiger partial charge < -0.3 is 18.8 Å². The van der Waals surface area contributed by atoms with Gasteiger partial charge in [-0.3, -0.25) is 4.79 Å². The summed E-state index contributed by atoms with van der Waals surface area (Å²) in [7, 11) is -1.25. The second kappa shape index (κ2) is 8.27. The molecule has 2 heterocycles. The van der Waals surface area contributed by atoms with Crippen molar-refractivity contribution >= 4 is 9.04 Å². The van der Waals surface area contributed by atoms with E-state index in [1.165, 1.54) is 0 Å².